The first-order chi connectivity index (χ1) is 6.18. The summed E-state index contributed by atoms with van der Waals surface area (Å²) in [7, 11) is 0. The number of benzene rings is 1. The fraction of sp³-hybridized carbons (Fsp3) is 0.333. The van der Waals surface area contributed by atoms with Crippen LogP contribution in [0.1, 0.15) is 18.0 Å². The second-order valence-corrected chi connectivity index (χ2v) is 3.59. The van der Waals surface area contributed by atoms with Crippen molar-refractivity contribution in [3.05, 3.63) is 22.7 Å². The number of fused-ring (bicyclic) bond motifs is 1. The molecule has 2 rings (SSSR count). The predicted octanol–water partition coefficient (Wildman–Crippen LogP) is 1.70. The quantitative estimate of drug-likeness (QED) is 0.624. The van der Waals surface area contributed by atoms with E-state index in [2.05, 4.69) is 0 Å². The topological polar surface area (TPSA) is 61.3 Å². The average Bonchev–Trinajstić information content (AvgIpc) is 2.07. The molecule has 70 valence electrons. The molecule has 0 saturated heterocycles. The highest BCUT2D eigenvalue weighted by molar-refractivity contribution is 6.31. The van der Waals surface area contributed by atoms with Crippen molar-refractivity contribution in [1.29, 1.82) is 0 Å². The maximum Gasteiger partial charge on any atom is 0.147 e. The van der Waals surface area contributed by atoms with Gasteiger partial charge in [0.15, 0.2) is 0 Å². The third kappa shape index (κ3) is 1.45. The van der Waals surface area contributed by atoms with Crippen molar-refractivity contribution < 1.29 is 4.74 Å². The highest BCUT2D eigenvalue weighted by Gasteiger charge is 2.20. The molecule has 1 aliphatic rings. The smallest absolute Gasteiger partial charge is 0.147 e. The molecule has 0 spiro atoms. The Hall–Kier alpha value is -0.930. The SMILES string of the molecule is Nc1cc(Cl)cc2c1OCC[C@@H]2N. The molecule has 4 N–H and O–H groups in total. The van der Waals surface area contributed by atoms with Gasteiger partial charge in [-0.2, -0.15) is 0 Å². The minimum Gasteiger partial charge on any atom is -0.491 e. The van der Waals surface area contributed by atoms with Gasteiger partial charge in [0.2, 0.25) is 0 Å². The van der Waals surface area contributed by atoms with Gasteiger partial charge in [0.05, 0.1) is 12.3 Å². The van der Waals surface area contributed by atoms with Gasteiger partial charge in [0, 0.05) is 23.0 Å². The normalized spacial score (nSPS) is 20.6. The second-order valence-electron chi connectivity index (χ2n) is 3.16. The second kappa shape index (κ2) is 3.09. The largest absolute Gasteiger partial charge is 0.491 e. The Morgan fingerprint density at radius 1 is 1.46 bits per heavy atom. The van der Waals surface area contributed by atoms with Gasteiger partial charge in [0.25, 0.3) is 0 Å². The molecule has 1 atom stereocenters. The summed E-state index contributed by atoms with van der Waals surface area (Å²) in [5.74, 6) is 0.697. The van der Waals surface area contributed by atoms with E-state index in [4.69, 9.17) is 27.8 Å². The van der Waals surface area contributed by atoms with Gasteiger partial charge >= 0.3 is 0 Å². The molecule has 0 aliphatic carbocycles. The van der Waals surface area contributed by atoms with Crippen LogP contribution in [-0.4, -0.2) is 6.61 Å². The Morgan fingerprint density at radius 3 is 3.00 bits per heavy atom. The number of rotatable bonds is 0. The minimum absolute atomic E-state index is 0.00949. The Kier molecular flexibility index (Phi) is 2.06. The lowest BCUT2D eigenvalue weighted by atomic mass is 10.0. The monoisotopic (exact) mass is 198 g/mol. The maximum absolute atomic E-state index is 5.89. The summed E-state index contributed by atoms with van der Waals surface area (Å²) in [5, 5.41) is 0.609. The summed E-state index contributed by atoms with van der Waals surface area (Å²) in [6.45, 7) is 0.625. The van der Waals surface area contributed by atoms with Crippen LogP contribution in [0.5, 0.6) is 5.75 Å². The van der Waals surface area contributed by atoms with Gasteiger partial charge in [-0.15, -0.1) is 0 Å². The number of nitrogen functional groups attached to an aromatic ring is 1. The molecule has 4 heteroatoms. The standard InChI is InChI=1S/C9H11ClN2O/c10-5-3-6-7(11)1-2-13-9(6)8(12)4-5/h3-4,7H,1-2,11-12H2/t7-/m0/s1. The molecular weight excluding hydrogens is 188 g/mol. The summed E-state index contributed by atoms with van der Waals surface area (Å²) in [4.78, 5) is 0. The van der Waals surface area contributed by atoms with Gasteiger partial charge in [0.1, 0.15) is 5.75 Å². The van der Waals surface area contributed by atoms with E-state index in [1.54, 1.807) is 6.07 Å². The molecule has 0 fully saturated rings. The molecule has 3 nitrogen and oxygen atoms in total. The van der Waals surface area contributed by atoms with Crippen LogP contribution >= 0.6 is 11.6 Å². The van der Waals surface area contributed by atoms with Crippen molar-refractivity contribution in [3.8, 4) is 5.75 Å². The van der Waals surface area contributed by atoms with Crippen molar-refractivity contribution >= 4 is 17.3 Å². The number of ether oxygens (including phenoxy) is 1. The van der Waals surface area contributed by atoms with Gasteiger partial charge in [-0.25, -0.2) is 0 Å². The van der Waals surface area contributed by atoms with Crippen LogP contribution < -0.4 is 16.2 Å². The van der Waals surface area contributed by atoms with Gasteiger partial charge in [-0.1, -0.05) is 11.6 Å². The van der Waals surface area contributed by atoms with Crippen molar-refractivity contribution in [2.75, 3.05) is 12.3 Å². The first-order valence-corrected chi connectivity index (χ1v) is 4.53. The molecule has 0 aromatic heterocycles. The number of halogens is 1. The van der Waals surface area contributed by atoms with Gasteiger partial charge in [-0.05, 0) is 12.1 Å². The minimum atomic E-state index is -0.00949. The highest BCUT2D eigenvalue weighted by Crippen LogP contribution is 2.37. The zero-order valence-electron chi connectivity index (χ0n) is 7.09. The molecule has 13 heavy (non-hydrogen) atoms. The van der Waals surface area contributed by atoms with E-state index in [0.29, 0.717) is 23.1 Å². The van der Waals surface area contributed by atoms with Crippen LogP contribution in [0.25, 0.3) is 0 Å². The van der Waals surface area contributed by atoms with E-state index in [9.17, 15) is 0 Å². The fourth-order valence-corrected chi connectivity index (χ4v) is 1.76. The van der Waals surface area contributed by atoms with E-state index < -0.39 is 0 Å². The number of nitrogens with two attached hydrogens (primary N) is 2. The Morgan fingerprint density at radius 2 is 2.23 bits per heavy atom. The molecule has 0 radical (unpaired) electrons. The number of hydrogen-bond donors (Lipinski definition) is 2. The summed E-state index contributed by atoms with van der Waals surface area (Å²) in [5.41, 5.74) is 13.1. The lowest BCUT2D eigenvalue weighted by Gasteiger charge is -2.24. The Labute approximate surface area is 81.6 Å². The number of hydrogen-bond acceptors (Lipinski definition) is 3. The van der Waals surface area contributed by atoms with Crippen molar-refractivity contribution in [3.63, 3.8) is 0 Å². The zero-order chi connectivity index (χ0) is 9.42. The van der Waals surface area contributed by atoms with Gasteiger partial charge < -0.3 is 16.2 Å². The van der Waals surface area contributed by atoms with Crippen LogP contribution in [0.4, 0.5) is 5.69 Å². The molecule has 1 heterocycles. The summed E-state index contributed by atoms with van der Waals surface area (Å²) >= 11 is 5.86. The Bertz CT molecular complexity index is 341. The average molecular weight is 199 g/mol. The summed E-state index contributed by atoms with van der Waals surface area (Å²) in [6.07, 6.45) is 0.812. The maximum atomic E-state index is 5.89. The first-order valence-electron chi connectivity index (χ1n) is 4.16. The summed E-state index contributed by atoms with van der Waals surface area (Å²) < 4.78 is 5.42. The van der Waals surface area contributed by atoms with Crippen LogP contribution in [0.15, 0.2) is 12.1 Å². The van der Waals surface area contributed by atoms with Crippen molar-refractivity contribution in [1.82, 2.24) is 0 Å². The molecule has 1 aliphatic heterocycles. The van der Waals surface area contributed by atoms with E-state index >= 15 is 0 Å². The third-order valence-corrected chi connectivity index (χ3v) is 2.40. The molecule has 1 aromatic carbocycles. The van der Waals surface area contributed by atoms with Crippen LogP contribution in [0.2, 0.25) is 5.02 Å². The Balaban J connectivity index is 2.56. The molecule has 1 aromatic rings. The van der Waals surface area contributed by atoms with E-state index in [0.717, 1.165) is 12.0 Å². The predicted molar refractivity (Wildman–Crippen MR) is 52.9 cm³/mol. The number of anilines is 1. The third-order valence-electron chi connectivity index (χ3n) is 2.19. The lowest BCUT2D eigenvalue weighted by Crippen LogP contribution is -2.21. The lowest BCUT2D eigenvalue weighted by molar-refractivity contribution is 0.270. The summed E-state index contributed by atoms with van der Waals surface area (Å²) in [6, 6.07) is 3.49. The highest BCUT2D eigenvalue weighted by atomic mass is 35.5. The fourth-order valence-electron chi connectivity index (χ4n) is 1.52. The van der Waals surface area contributed by atoms with Crippen LogP contribution in [0, 0.1) is 0 Å². The zero-order valence-corrected chi connectivity index (χ0v) is 7.84. The van der Waals surface area contributed by atoms with Gasteiger partial charge in [-0.3, -0.25) is 0 Å². The van der Waals surface area contributed by atoms with Crippen LogP contribution in [0.3, 0.4) is 0 Å². The molecule has 0 amide bonds. The van der Waals surface area contributed by atoms with Crippen molar-refractivity contribution in [2.45, 2.75) is 12.5 Å². The molecule has 0 bridgehead atoms. The van der Waals surface area contributed by atoms with E-state index in [-0.39, 0.29) is 6.04 Å². The van der Waals surface area contributed by atoms with Crippen LogP contribution in [-0.2, 0) is 0 Å². The van der Waals surface area contributed by atoms with E-state index in [1.807, 2.05) is 6.07 Å². The van der Waals surface area contributed by atoms with E-state index in [1.165, 1.54) is 0 Å². The van der Waals surface area contributed by atoms with Crippen molar-refractivity contribution in [2.24, 2.45) is 5.73 Å². The molecular formula is C9H11ClN2O. The molecule has 0 saturated carbocycles. The first kappa shape index (κ1) is 8.66. The molecule has 0 unspecified atom stereocenters.